The molecule has 1 saturated heterocycles. The van der Waals surface area contributed by atoms with Gasteiger partial charge in [-0.1, -0.05) is 12.1 Å². The highest BCUT2D eigenvalue weighted by Crippen LogP contribution is 2.18. The minimum Gasteiger partial charge on any atom is -0.491 e. The molecule has 2 heterocycles. The third kappa shape index (κ3) is 4.92. The van der Waals surface area contributed by atoms with Gasteiger partial charge in [-0.2, -0.15) is 0 Å². The Kier molecular flexibility index (Phi) is 6.38. The zero-order chi connectivity index (χ0) is 20.1. The largest absolute Gasteiger partial charge is 0.491 e. The van der Waals surface area contributed by atoms with Gasteiger partial charge in [-0.15, -0.1) is 0 Å². The van der Waals surface area contributed by atoms with Gasteiger partial charge >= 0.3 is 0 Å². The lowest BCUT2D eigenvalue weighted by Gasteiger charge is -2.12. The molecule has 0 saturated carbocycles. The van der Waals surface area contributed by atoms with Crippen LogP contribution >= 0.6 is 0 Å². The third-order valence-corrected chi connectivity index (χ3v) is 6.07. The van der Waals surface area contributed by atoms with Crippen LogP contribution in [0.15, 0.2) is 45.9 Å². The molecule has 1 aromatic heterocycles. The predicted octanol–water partition coefficient (Wildman–Crippen LogP) is 2.02. The summed E-state index contributed by atoms with van der Waals surface area (Å²) < 4.78 is 41.4. The van der Waals surface area contributed by atoms with Crippen LogP contribution in [0, 0.1) is 0 Å². The Labute approximate surface area is 164 Å². The minimum absolute atomic E-state index is 0.0584. The number of sulfonamides is 1. The highest BCUT2D eigenvalue weighted by Gasteiger charge is 2.23. The summed E-state index contributed by atoms with van der Waals surface area (Å²) in [4.78, 5) is 12.2. The molecule has 28 heavy (non-hydrogen) atoms. The van der Waals surface area contributed by atoms with Gasteiger partial charge in [0.15, 0.2) is 5.76 Å². The molecule has 1 aliphatic rings. The van der Waals surface area contributed by atoms with Gasteiger partial charge in [-0.25, -0.2) is 12.7 Å². The second-order valence-electron chi connectivity index (χ2n) is 6.68. The number of ether oxygens (including phenoxy) is 2. The van der Waals surface area contributed by atoms with Gasteiger partial charge in [0.1, 0.15) is 12.4 Å². The summed E-state index contributed by atoms with van der Waals surface area (Å²) in [5.74, 6) is 0.200. The van der Waals surface area contributed by atoms with Crippen LogP contribution in [-0.2, 0) is 21.3 Å². The second-order valence-corrected chi connectivity index (χ2v) is 8.76. The van der Waals surface area contributed by atoms with E-state index in [1.165, 1.54) is 26.2 Å². The van der Waals surface area contributed by atoms with Crippen LogP contribution in [0.25, 0.3) is 0 Å². The molecular weight excluding hydrogens is 384 g/mol. The topological polar surface area (TPSA) is 98.1 Å². The number of carbonyl (C=O) groups is 1. The zero-order valence-electron chi connectivity index (χ0n) is 15.9. The van der Waals surface area contributed by atoms with E-state index in [9.17, 15) is 13.2 Å². The first-order chi connectivity index (χ1) is 13.4. The maximum absolute atomic E-state index is 12.2. The van der Waals surface area contributed by atoms with E-state index in [4.69, 9.17) is 13.9 Å². The quantitative estimate of drug-likeness (QED) is 0.718. The maximum Gasteiger partial charge on any atom is 0.287 e. The van der Waals surface area contributed by atoms with Crippen LogP contribution in [0.2, 0.25) is 0 Å². The van der Waals surface area contributed by atoms with Crippen molar-refractivity contribution in [2.24, 2.45) is 0 Å². The SMILES string of the molecule is CN(C)S(=O)(=O)c1ccc(C(=O)NCc2ccc(OC[C@@H]3CCCO3)cc2)o1. The highest BCUT2D eigenvalue weighted by atomic mass is 32.2. The molecule has 2 aromatic rings. The van der Waals surface area contributed by atoms with Crippen LogP contribution in [0.3, 0.4) is 0 Å². The fourth-order valence-electron chi connectivity index (χ4n) is 2.70. The molecule has 1 N–H and O–H groups in total. The number of nitrogens with one attached hydrogen (secondary N) is 1. The summed E-state index contributed by atoms with van der Waals surface area (Å²) in [5, 5.41) is 2.44. The first kappa shape index (κ1) is 20.4. The molecule has 8 nitrogen and oxygen atoms in total. The molecule has 9 heteroatoms. The number of hydrogen-bond acceptors (Lipinski definition) is 6. The average molecular weight is 408 g/mol. The van der Waals surface area contributed by atoms with E-state index >= 15 is 0 Å². The van der Waals surface area contributed by atoms with Crippen LogP contribution in [-0.4, -0.2) is 52.0 Å². The monoisotopic (exact) mass is 408 g/mol. The Morgan fingerprint density at radius 1 is 1.21 bits per heavy atom. The van der Waals surface area contributed by atoms with Crippen molar-refractivity contribution in [3.63, 3.8) is 0 Å². The molecule has 1 fully saturated rings. The lowest BCUT2D eigenvalue weighted by molar-refractivity contribution is 0.0679. The van der Waals surface area contributed by atoms with Crippen molar-refractivity contribution in [3.05, 3.63) is 47.7 Å². The molecule has 0 bridgehead atoms. The number of nitrogens with zero attached hydrogens (tertiary/aromatic N) is 1. The summed E-state index contributed by atoms with van der Waals surface area (Å²) >= 11 is 0. The van der Waals surface area contributed by atoms with Crippen LogP contribution in [0.4, 0.5) is 0 Å². The molecule has 1 aromatic carbocycles. The predicted molar refractivity (Wildman–Crippen MR) is 102 cm³/mol. The van der Waals surface area contributed by atoms with Crippen molar-refractivity contribution in [2.45, 2.75) is 30.6 Å². The van der Waals surface area contributed by atoms with E-state index in [1.54, 1.807) is 0 Å². The Hall–Kier alpha value is -2.36. The van der Waals surface area contributed by atoms with E-state index in [2.05, 4.69) is 5.32 Å². The number of benzene rings is 1. The van der Waals surface area contributed by atoms with Crippen LogP contribution < -0.4 is 10.1 Å². The molecule has 1 atom stereocenters. The Morgan fingerprint density at radius 2 is 1.96 bits per heavy atom. The number of amides is 1. The lowest BCUT2D eigenvalue weighted by atomic mass is 10.2. The summed E-state index contributed by atoms with van der Waals surface area (Å²) in [6.07, 6.45) is 2.26. The van der Waals surface area contributed by atoms with Gasteiger partial charge in [-0.05, 0) is 42.7 Å². The van der Waals surface area contributed by atoms with Crippen molar-refractivity contribution in [3.8, 4) is 5.75 Å². The van der Waals surface area contributed by atoms with E-state index in [0.29, 0.717) is 6.61 Å². The van der Waals surface area contributed by atoms with E-state index in [1.807, 2.05) is 24.3 Å². The van der Waals surface area contributed by atoms with Gasteiger partial charge in [-0.3, -0.25) is 4.79 Å². The van der Waals surface area contributed by atoms with Crippen molar-refractivity contribution in [1.82, 2.24) is 9.62 Å². The van der Waals surface area contributed by atoms with Crippen molar-refractivity contribution >= 4 is 15.9 Å². The number of rotatable bonds is 8. The molecule has 0 aliphatic carbocycles. The first-order valence-corrected chi connectivity index (χ1v) is 10.4. The maximum atomic E-state index is 12.2. The fourth-order valence-corrected chi connectivity index (χ4v) is 3.49. The van der Waals surface area contributed by atoms with E-state index in [0.717, 1.165) is 35.1 Å². The molecule has 0 unspecified atom stereocenters. The molecule has 152 valence electrons. The Morgan fingerprint density at radius 3 is 2.61 bits per heavy atom. The summed E-state index contributed by atoms with van der Waals surface area (Å²) in [6.45, 7) is 1.61. The molecule has 0 radical (unpaired) electrons. The first-order valence-electron chi connectivity index (χ1n) is 9.00. The molecule has 0 spiro atoms. The molecular formula is C19H24N2O6S. The Balaban J connectivity index is 1.51. The van der Waals surface area contributed by atoms with Gasteiger partial charge in [0.05, 0.1) is 6.10 Å². The van der Waals surface area contributed by atoms with E-state index < -0.39 is 15.9 Å². The standard InChI is InChI=1S/C19H24N2O6S/c1-21(2)28(23,24)18-10-9-17(27-18)19(22)20-12-14-5-7-15(8-6-14)26-13-16-4-3-11-25-16/h5-10,16H,3-4,11-13H2,1-2H3,(H,20,22)/t16-/m0/s1. The smallest absolute Gasteiger partial charge is 0.287 e. The minimum atomic E-state index is -3.71. The number of hydrogen-bond donors (Lipinski definition) is 1. The van der Waals surface area contributed by atoms with Crippen molar-refractivity contribution in [1.29, 1.82) is 0 Å². The molecule has 3 rings (SSSR count). The molecule has 1 aliphatic heterocycles. The van der Waals surface area contributed by atoms with Gasteiger partial charge in [0.25, 0.3) is 15.9 Å². The van der Waals surface area contributed by atoms with Crippen molar-refractivity contribution in [2.75, 3.05) is 27.3 Å². The number of carbonyl (C=O) groups excluding carboxylic acids is 1. The molecule has 1 amide bonds. The second kappa shape index (κ2) is 8.76. The summed E-state index contributed by atoms with van der Waals surface area (Å²) in [7, 11) is -0.920. The van der Waals surface area contributed by atoms with Crippen LogP contribution in [0.1, 0.15) is 29.0 Å². The third-order valence-electron chi connectivity index (χ3n) is 4.38. The Bertz CT molecular complexity index is 899. The van der Waals surface area contributed by atoms with Gasteiger partial charge in [0.2, 0.25) is 5.09 Å². The van der Waals surface area contributed by atoms with Crippen molar-refractivity contribution < 1.29 is 27.1 Å². The van der Waals surface area contributed by atoms with E-state index in [-0.39, 0.29) is 23.5 Å². The number of furan rings is 1. The summed E-state index contributed by atoms with van der Waals surface area (Å²) in [5.41, 5.74) is 0.880. The highest BCUT2D eigenvalue weighted by molar-refractivity contribution is 7.88. The van der Waals surface area contributed by atoms with Crippen LogP contribution in [0.5, 0.6) is 5.75 Å². The average Bonchev–Trinajstić information content (AvgIpc) is 3.37. The van der Waals surface area contributed by atoms with Gasteiger partial charge < -0.3 is 19.2 Å². The normalized spacial score (nSPS) is 17.0. The summed E-state index contributed by atoms with van der Waals surface area (Å²) in [6, 6.07) is 10.00. The fraction of sp³-hybridized carbons (Fsp3) is 0.421. The lowest BCUT2D eigenvalue weighted by Crippen LogP contribution is -2.23. The van der Waals surface area contributed by atoms with Gasteiger partial charge in [0, 0.05) is 27.2 Å². The zero-order valence-corrected chi connectivity index (χ0v) is 16.7.